The molecule has 32 heavy (non-hydrogen) atoms. The molecule has 6 rings (SSSR count). The third-order valence-electron chi connectivity index (χ3n) is 6.05. The normalized spacial score (nSPS) is 14.3. The summed E-state index contributed by atoms with van der Waals surface area (Å²) in [7, 11) is 0. The van der Waals surface area contributed by atoms with E-state index in [-0.39, 0.29) is 16.9 Å². The number of aromatic hydroxyl groups is 1. The van der Waals surface area contributed by atoms with Crippen molar-refractivity contribution in [3.63, 3.8) is 0 Å². The molecule has 0 spiro atoms. The minimum atomic E-state index is -2.31. The number of hydrogen-bond donors (Lipinski definition) is 1. The van der Waals surface area contributed by atoms with Crippen LogP contribution in [-0.2, 0) is 5.41 Å². The number of aromatic nitrogens is 3. The number of phenolic OH excluding ortho intramolecular Hbond substituents is 1. The van der Waals surface area contributed by atoms with Crippen LogP contribution in [0.15, 0.2) is 65.2 Å². The molecule has 0 amide bonds. The standard InChI is InChI=1S/C27H23N3O2/c1-15-5-7-19-21-13-20-18-8-6-17(31)12-22(18)30(23(20)14-24(21)32-26(19)29-15)25-11-16(9-10-28-25)27(2,3)4/h5-14,31H,1-4H3/i1D3. The van der Waals surface area contributed by atoms with Gasteiger partial charge in [-0.1, -0.05) is 20.8 Å². The van der Waals surface area contributed by atoms with Gasteiger partial charge in [0.1, 0.15) is 17.2 Å². The number of fused-ring (bicyclic) bond motifs is 6. The summed E-state index contributed by atoms with van der Waals surface area (Å²) in [5, 5.41) is 13.8. The third kappa shape index (κ3) is 2.71. The molecule has 0 saturated carbocycles. The lowest BCUT2D eigenvalue weighted by Crippen LogP contribution is -2.12. The number of rotatable bonds is 1. The van der Waals surface area contributed by atoms with E-state index in [1.54, 1.807) is 24.4 Å². The number of phenols is 1. The second kappa shape index (κ2) is 6.33. The zero-order valence-corrected chi connectivity index (χ0v) is 18.0. The summed E-state index contributed by atoms with van der Waals surface area (Å²) in [4.78, 5) is 8.93. The van der Waals surface area contributed by atoms with E-state index in [0.717, 1.165) is 44.0 Å². The Morgan fingerprint density at radius 3 is 2.53 bits per heavy atom. The molecule has 0 bridgehead atoms. The Morgan fingerprint density at radius 2 is 1.72 bits per heavy atom. The van der Waals surface area contributed by atoms with Crippen molar-refractivity contribution in [3.8, 4) is 11.6 Å². The van der Waals surface area contributed by atoms with Crippen molar-refractivity contribution < 1.29 is 13.6 Å². The second-order valence-corrected chi connectivity index (χ2v) is 9.21. The van der Waals surface area contributed by atoms with Gasteiger partial charge in [0.25, 0.3) is 0 Å². The number of furan rings is 1. The van der Waals surface area contributed by atoms with Gasteiger partial charge in [-0.25, -0.2) is 9.97 Å². The number of hydrogen-bond acceptors (Lipinski definition) is 4. The fourth-order valence-corrected chi connectivity index (χ4v) is 4.41. The largest absolute Gasteiger partial charge is 0.508 e. The van der Waals surface area contributed by atoms with Crippen molar-refractivity contribution >= 4 is 43.9 Å². The van der Waals surface area contributed by atoms with Crippen LogP contribution in [0.25, 0.3) is 49.7 Å². The average Bonchev–Trinajstić information content (AvgIpc) is 3.30. The van der Waals surface area contributed by atoms with Gasteiger partial charge in [0, 0.05) is 49.7 Å². The predicted molar refractivity (Wildman–Crippen MR) is 129 cm³/mol. The first-order chi connectivity index (χ1) is 16.5. The molecule has 0 radical (unpaired) electrons. The molecule has 0 aliphatic rings. The quantitative estimate of drug-likeness (QED) is 0.316. The summed E-state index contributed by atoms with van der Waals surface area (Å²) in [5.74, 6) is 0.908. The maximum atomic E-state index is 10.3. The molecule has 1 N–H and O–H groups in total. The summed E-state index contributed by atoms with van der Waals surface area (Å²) >= 11 is 0. The van der Waals surface area contributed by atoms with Crippen molar-refractivity contribution in [2.75, 3.05) is 0 Å². The molecule has 6 aromatic rings. The highest BCUT2D eigenvalue weighted by Crippen LogP contribution is 2.39. The summed E-state index contributed by atoms with van der Waals surface area (Å²) in [6, 6.07) is 16.6. The first-order valence-corrected chi connectivity index (χ1v) is 10.5. The van der Waals surface area contributed by atoms with E-state index in [4.69, 9.17) is 8.53 Å². The number of aryl methyl sites for hydroxylation is 1. The molecule has 0 aliphatic carbocycles. The van der Waals surface area contributed by atoms with Crippen molar-refractivity contribution in [3.05, 3.63) is 72.1 Å². The van der Waals surface area contributed by atoms with Crippen molar-refractivity contribution in [1.82, 2.24) is 14.5 Å². The lowest BCUT2D eigenvalue weighted by molar-refractivity contribution is 0.476. The van der Waals surface area contributed by atoms with Gasteiger partial charge in [0.05, 0.1) is 11.0 Å². The second-order valence-electron chi connectivity index (χ2n) is 9.21. The van der Waals surface area contributed by atoms with E-state index in [0.29, 0.717) is 11.3 Å². The molecular weight excluding hydrogens is 398 g/mol. The lowest BCUT2D eigenvalue weighted by atomic mass is 9.88. The van der Waals surface area contributed by atoms with Gasteiger partial charge in [0.2, 0.25) is 5.71 Å². The van der Waals surface area contributed by atoms with Gasteiger partial charge in [-0.2, -0.15) is 0 Å². The van der Waals surface area contributed by atoms with Crippen molar-refractivity contribution in [1.29, 1.82) is 0 Å². The zero-order valence-electron chi connectivity index (χ0n) is 21.0. The molecule has 5 heteroatoms. The summed E-state index contributed by atoms with van der Waals surface area (Å²) in [6.45, 7) is 4.16. The van der Waals surface area contributed by atoms with E-state index in [1.165, 1.54) is 6.07 Å². The van der Waals surface area contributed by atoms with Crippen LogP contribution < -0.4 is 0 Å². The van der Waals surface area contributed by atoms with Crippen LogP contribution in [0.5, 0.6) is 5.75 Å². The van der Waals surface area contributed by atoms with Gasteiger partial charge >= 0.3 is 0 Å². The first-order valence-electron chi connectivity index (χ1n) is 12.0. The van der Waals surface area contributed by atoms with E-state index in [1.807, 2.05) is 28.8 Å². The van der Waals surface area contributed by atoms with E-state index in [9.17, 15) is 5.11 Å². The van der Waals surface area contributed by atoms with Crippen LogP contribution >= 0.6 is 0 Å². The molecule has 0 atom stereocenters. The first kappa shape index (κ1) is 15.9. The maximum Gasteiger partial charge on any atom is 0.227 e. The van der Waals surface area contributed by atoms with E-state index >= 15 is 0 Å². The number of pyridine rings is 2. The minimum Gasteiger partial charge on any atom is -0.508 e. The Morgan fingerprint density at radius 1 is 0.906 bits per heavy atom. The monoisotopic (exact) mass is 424 g/mol. The van der Waals surface area contributed by atoms with Crippen LogP contribution in [0, 0.1) is 6.85 Å². The molecule has 4 aromatic heterocycles. The molecule has 0 aliphatic heterocycles. The number of nitrogens with zero attached hydrogens (tertiary/aromatic N) is 3. The fraction of sp³-hybridized carbons (Fsp3) is 0.185. The highest BCUT2D eigenvalue weighted by atomic mass is 16.3. The van der Waals surface area contributed by atoms with Crippen LogP contribution in [0.2, 0.25) is 0 Å². The molecule has 0 unspecified atom stereocenters. The topological polar surface area (TPSA) is 64.1 Å². The molecule has 5 nitrogen and oxygen atoms in total. The summed E-state index contributed by atoms with van der Waals surface area (Å²) in [6.07, 6.45) is 1.80. The van der Waals surface area contributed by atoms with Gasteiger partial charge in [-0.3, -0.25) is 4.57 Å². The lowest BCUT2D eigenvalue weighted by Gasteiger charge is -2.20. The fourth-order valence-electron chi connectivity index (χ4n) is 4.41. The van der Waals surface area contributed by atoms with Gasteiger partial charge in [0.15, 0.2) is 0 Å². The molecular formula is C27H23N3O2. The zero-order chi connectivity index (χ0) is 24.7. The molecule has 4 heterocycles. The molecule has 2 aromatic carbocycles. The van der Waals surface area contributed by atoms with Crippen LogP contribution in [0.4, 0.5) is 0 Å². The van der Waals surface area contributed by atoms with Crippen molar-refractivity contribution in [2.45, 2.75) is 33.0 Å². The van der Waals surface area contributed by atoms with Gasteiger partial charge < -0.3 is 9.52 Å². The number of benzene rings is 2. The van der Waals surface area contributed by atoms with Crippen LogP contribution in [0.1, 0.15) is 36.1 Å². The highest BCUT2D eigenvalue weighted by Gasteiger charge is 2.20. The maximum absolute atomic E-state index is 10.3. The average molecular weight is 425 g/mol. The molecule has 0 saturated heterocycles. The van der Waals surface area contributed by atoms with Crippen molar-refractivity contribution in [2.24, 2.45) is 0 Å². The Labute approximate surface area is 189 Å². The highest BCUT2D eigenvalue weighted by molar-refractivity contribution is 6.17. The Kier molecular flexibility index (Phi) is 3.14. The predicted octanol–water partition coefficient (Wildman–Crippen LogP) is 6.78. The molecule has 158 valence electrons. The van der Waals surface area contributed by atoms with Gasteiger partial charge in [-0.15, -0.1) is 0 Å². The third-order valence-corrected chi connectivity index (χ3v) is 6.05. The summed E-state index contributed by atoms with van der Waals surface area (Å²) < 4.78 is 31.1. The van der Waals surface area contributed by atoms with Crippen LogP contribution in [0.3, 0.4) is 0 Å². The minimum absolute atomic E-state index is 0.00207. The SMILES string of the molecule is [2H]C([2H])([2H])c1ccc2c(n1)oc1cc3c(cc12)c1ccc(O)cc1n3-c1cc(C(C)(C)C)ccn1. The Hall–Kier alpha value is -3.86. The van der Waals surface area contributed by atoms with Gasteiger partial charge in [-0.05, 0) is 60.3 Å². The Balaban J connectivity index is 1.70. The summed E-state index contributed by atoms with van der Waals surface area (Å²) in [5.41, 5.74) is 3.68. The Bertz CT molecular complexity index is 1790. The van der Waals surface area contributed by atoms with Crippen LogP contribution in [-0.4, -0.2) is 19.6 Å². The smallest absolute Gasteiger partial charge is 0.227 e. The van der Waals surface area contributed by atoms with E-state index < -0.39 is 6.85 Å². The molecule has 0 fully saturated rings. The van der Waals surface area contributed by atoms with E-state index in [2.05, 4.69) is 36.8 Å².